The van der Waals surface area contributed by atoms with Gasteiger partial charge >= 0.3 is 11.9 Å². The topological polar surface area (TPSA) is 186 Å². The molecule has 0 aliphatic carbocycles. The van der Waals surface area contributed by atoms with Gasteiger partial charge in [0.15, 0.2) is 17.9 Å². The third kappa shape index (κ3) is 10.3. The van der Waals surface area contributed by atoms with E-state index in [9.17, 15) is 9.59 Å². The summed E-state index contributed by atoms with van der Waals surface area (Å²) in [6.45, 7) is 6.39. The van der Waals surface area contributed by atoms with Crippen molar-refractivity contribution in [2.75, 3.05) is 26.3 Å². The Morgan fingerprint density at radius 3 is 2.45 bits per heavy atom. The summed E-state index contributed by atoms with van der Waals surface area (Å²) < 4.78 is 11.6. The molecule has 5 rings (SSSR count). The van der Waals surface area contributed by atoms with E-state index in [2.05, 4.69) is 29.1 Å². The van der Waals surface area contributed by atoms with Crippen molar-refractivity contribution in [3.8, 4) is 0 Å². The SMILES string of the molecule is CCCCCCC[C@@H]1C[C@@H]2CC[C@H]3[C@@H](C(=O)OCCCCCCC[C@H]4N=C(N)N5CCCC5=C4C(=O)OCCCCN=C(N)N)[C@@H](C)N=C(N1)N23. The highest BCUT2D eigenvalue weighted by Crippen LogP contribution is 2.40. The number of unbranched alkanes of at least 4 members (excludes halogenated alkanes) is 9. The number of nitrogens with two attached hydrogens (primary N) is 3. The van der Waals surface area contributed by atoms with Crippen LogP contribution in [-0.4, -0.2) is 96.1 Å². The maximum absolute atomic E-state index is 13.4. The van der Waals surface area contributed by atoms with Gasteiger partial charge in [-0.15, -0.1) is 0 Å². The molecule has 0 aromatic carbocycles. The fourth-order valence-electron chi connectivity index (χ4n) is 8.77. The molecule has 3 saturated heterocycles. The molecule has 6 atom stereocenters. The highest BCUT2D eigenvalue weighted by molar-refractivity contribution is 5.95. The van der Waals surface area contributed by atoms with Crippen molar-refractivity contribution in [3.63, 3.8) is 0 Å². The van der Waals surface area contributed by atoms with E-state index in [-0.39, 0.29) is 41.9 Å². The second kappa shape index (κ2) is 19.4. The molecule has 3 fully saturated rings. The number of carbonyl (C=O) groups excluding carboxylic acids is 2. The fourth-order valence-corrected chi connectivity index (χ4v) is 8.77. The minimum Gasteiger partial charge on any atom is -0.465 e. The molecule has 0 aromatic rings. The van der Waals surface area contributed by atoms with Crippen molar-refractivity contribution in [1.82, 2.24) is 15.1 Å². The van der Waals surface area contributed by atoms with E-state index in [1.165, 1.54) is 38.5 Å². The van der Waals surface area contributed by atoms with Crippen LogP contribution in [-0.2, 0) is 19.1 Å². The number of guanidine groups is 3. The minimum absolute atomic E-state index is 0.0702. The van der Waals surface area contributed by atoms with Crippen molar-refractivity contribution in [2.45, 2.75) is 166 Å². The lowest BCUT2D eigenvalue weighted by Gasteiger charge is -2.46. The van der Waals surface area contributed by atoms with Gasteiger partial charge in [0, 0.05) is 36.9 Å². The van der Waals surface area contributed by atoms with Crippen LogP contribution in [0.3, 0.4) is 0 Å². The molecule has 0 bridgehead atoms. The van der Waals surface area contributed by atoms with Gasteiger partial charge in [-0.3, -0.25) is 9.79 Å². The van der Waals surface area contributed by atoms with Crippen LogP contribution in [0.4, 0.5) is 0 Å². The molecular weight excluding hydrogens is 646 g/mol. The van der Waals surface area contributed by atoms with E-state index in [1.807, 2.05) is 4.90 Å². The minimum atomic E-state index is -0.293. The number of rotatable bonds is 21. The van der Waals surface area contributed by atoms with E-state index < -0.39 is 0 Å². The number of esters is 2. The Hall–Kier alpha value is -3.51. The fraction of sp³-hybridized carbons (Fsp3) is 0.816. The molecular formula is C38H65N9O4. The van der Waals surface area contributed by atoms with Gasteiger partial charge < -0.3 is 41.8 Å². The number of aliphatic imine (C=N–C) groups is 3. The first-order valence-corrected chi connectivity index (χ1v) is 20.1. The Morgan fingerprint density at radius 2 is 1.65 bits per heavy atom. The van der Waals surface area contributed by atoms with Gasteiger partial charge in [-0.05, 0) is 71.1 Å². The highest BCUT2D eigenvalue weighted by Gasteiger charge is 2.50. The lowest BCUT2D eigenvalue weighted by Crippen LogP contribution is -2.63. The van der Waals surface area contributed by atoms with Crippen LogP contribution in [0.5, 0.6) is 0 Å². The first kappa shape index (κ1) is 38.7. The van der Waals surface area contributed by atoms with Gasteiger partial charge in [0.2, 0.25) is 0 Å². The van der Waals surface area contributed by atoms with E-state index in [1.54, 1.807) is 0 Å². The van der Waals surface area contributed by atoms with E-state index in [0.717, 1.165) is 95.3 Å². The molecule has 5 aliphatic rings. The summed E-state index contributed by atoms with van der Waals surface area (Å²) in [5, 5.41) is 3.74. The number of ether oxygens (including phenoxy) is 2. The molecule has 0 radical (unpaired) electrons. The summed E-state index contributed by atoms with van der Waals surface area (Å²) in [4.78, 5) is 44.7. The van der Waals surface area contributed by atoms with E-state index in [0.29, 0.717) is 49.8 Å². The van der Waals surface area contributed by atoms with Crippen LogP contribution in [0.25, 0.3) is 0 Å². The van der Waals surface area contributed by atoms with Gasteiger partial charge in [-0.2, -0.15) is 0 Å². The zero-order valence-corrected chi connectivity index (χ0v) is 31.3. The van der Waals surface area contributed by atoms with Crippen LogP contribution in [0.1, 0.15) is 136 Å². The van der Waals surface area contributed by atoms with Crippen molar-refractivity contribution < 1.29 is 19.1 Å². The molecule has 7 N–H and O–H groups in total. The smallest absolute Gasteiger partial charge is 0.337 e. The van der Waals surface area contributed by atoms with Gasteiger partial charge in [-0.25, -0.2) is 14.8 Å². The molecule has 5 heterocycles. The lowest BCUT2D eigenvalue weighted by atomic mass is 9.89. The molecule has 286 valence electrons. The summed E-state index contributed by atoms with van der Waals surface area (Å²) in [5.74, 6) is 0.995. The van der Waals surface area contributed by atoms with Gasteiger partial charge in [0.25, 0.3) is 0 Å². The number of nitrogens with zero attached hydrogens (tertiary/aromatic N) is 5. The Labute approximate surface area is 305 Å². The van der Waals surface area contributed by atoms with Crippen LogP contribution < -0.4 is 22.5 Å². The van der Waals surface area contributed by atoms with Gasteiger partial charge in [-0.1, -0.05) is 64.7 Å². The monoisotopic (exact) mass is 712 g/mol. The Morgan fingerprint density at radius 1 is 0.922 bits per heavy atom. The standard InChI is InChI=1S/C38H65N9O4/c1-3-4-5-7-10-16-27-25-28-19-20-31-32(26(2)43-38(44-27)47(28)31)34(48)50-23-13-9-6-8-11-17-29-33(30-18-15-22-46(30)37(41)45-29)35(49)51-24-14-12-21-42-36(39)40/h26-29,31-32H,3-25H2,1-2H3,(H2,41,45)(H,43,44)(H4,39,40,42)/t26-,27-,28+,29-,31+,32+/m1/s1. The van der Waals surface area contributed by atoms with Gasteiger partial charge in [0.05, 0.1) is 36.8 Å². The first-order valence-electron chi connectivity index (χ1n) is 20.1. The number of carbonyl (C=O) groups is 2. The molecule has 5 aliphatic heterocycles. The molecule has 51 heavy (non-hydrogen) atoms. The second-order valence-corrected chi connectivity index (χ2v) is 15.2. The molecule has 0 unspecified atom stereocenters. The van der Waals surface area contributed by atoms with Crippen molar-refractivity contribution in [3.05, 3.63) is 11.3 Å². The number of fused-ring (bicyclic) bond motifs is 1. The van der Waals surface area contributed by atoms with Crippen molar-refractivity contribution >= 4 is 29.8 Å². The maximum atomic E-state index is 13.4. The number of hydrogen-bond donors (Lipinski definition) is 4. The zero-order chi connectivity index (χ0) is 36.2. The number of allylic oxidation sites excluding steroid dienone is 1. The lowest BCUT2D eigenvalue weighted by molar-refractivity contribution is -0.151. The summed E-state index contributed by atoms with van der Waals surface area (Å²) >= 11 is 0. The average Bonchev–Trinajstić information content (AvgIpc) is 3.76. The Kier molecular flexibility index (Phi) is 14.7. The summed E-state index contributed by atoms with van der Waals surface area (Å²) in [5.41, 5.74) is 18.7. The summed E-state index contributed by atoms with van der Waals surface area (Å²) in [7, 11) is 0. The molecule has 0 amide bonds. The third-order valence-corrected chi connectivity index (χ3v) is 11.4. The quantitative estimate of drug-likeness (QED) is 0.0574. The summed E-state index contributed by atoms with van der Waals surface area (Å²) in [6.07, 6.45) is 19.8. The highest BCUT2D eigenvalue weighted by atomic mass is 16.5. The van der Waals surface area contributed by atoms with E-state index >= 15 is 0 Å². The molecule has 13 heteroatoms. The number of nitrogens with one attached hydrogen (secondary N) is 1. The second-order valence-electron chi connectivity index (χ2n) is 15.2. The first-order chi connectivity index (χ1) is 24.8. The largest absolute Gasteiger partial charge is 0.465 e. The van der Waals surface area contributed by atoms with Crippen LogP contribution in [0.15, 0.2) is 26.2 Å². The molecule has 0 spiro atoms. The number of hydrogen-bond acceptors (Lipinski definition) is 11. The van der Waals surface area contributed by atoms with Crippen molar-refractivity contribution in [1.29, 1.82) is 0 Å². The Balaban J connectivity index is 0.999. The summed E-state index contributed by atoms with van der Waals surface area (Å²) in [6, 6.07) is 0.800. The van der Waals surface area contributed by atoms with Gasteiger partial charge in [0.1, 0.15) is 0 Å². The predicted molar refractivity (Wildman–Crippen MR) is 202 cm³/mol. The van der Waals surface area contributed by atoms with Crippen LogP contribution >= 0.6 is 0 Å². The molecule has 13 nitrogen and oxygen atoms in total. The average molecular weight is 712 g/mol. The normalized spacial score (nSPS) is 26.5. The van der Waals surface area contributed by atoms with E-state index in [4.69, 9.17) is 36.7 Å². The van der Waals surface area contributed by atoms with Crippen molar-refractivity contribution in [2.24, 2.45) is 38.1 Å². The zero-order valence-electron chi connectivity index (χ0n) is 31.3. The third-order valence-electron chi connectivity index (χ3n) is 11.4. The Bertz CT molecular complexity index is 1300. The predicted octanol–water partition coefficient (Wildman–Crippen LogP) is 4.44. The van der Waals surface area contributed by atoms with Crippen LogP contribution in [0.2, 0.25) is 0 Å². The van der Waals surface area contributed by atoms with Crippen LogP contribution in [0, 0.1) is 5.92 Å². The molecule has 0 saturated carbocycles. The maximum Gasteiger partial charge on any atom is 0.337 e. The molecule has 0 aromatic heterocycles.